The minimum absolute atomic E-state index is 0.0334. The third-order valence-electron chi connectivity index (χ3n) is 3.42. The van der Waals surface area contributed by atoms with Crippen LogP contribution in [-0.2, 0) is 9.59 Å². The van der Waals surface area contributed by atoms with E-state index in [-0.39, 0.29) is 11.6 Å². The molecule has 0 unspecified atom stereocenters. The normalized spacial score (nSPS) is 16.4. The molecule has 1 aliphatic carbocycles. The lowest BCUT2D eigenvalue weighted by molar-refractivity contribution is -0.116. The van der Waals surface area contributed by atoms with Crippen LogP contribution in [0.5, 0.6) is 0 Å². The molecule has 19 heavy (non-hydrogen) atoms. The maximum absolute atomic E-state index is 12.2. The molecule has 1 N–H and O–H groups in total. The molecule has 100 valence electrons. The van der Waals surface area contributed by atoms with E-state index in [4.69, 9.17) is 4.42 Å². The second-order valence-corrected chi connectivity index (χ2v) is 4.55. The summed E-state index contributed by atoms with van der Waals surface area (Å²) in [6.45, 7) is 5.63. The molecule has 0 bridgehead atoms. The van der Waals surface area contributed by atoms with Crippen molar-refractivity contribution in [2.45, 2.75) is 27.2 Å². The van der Waals surface area contributed by atoms with Crippen molar-refractivity contribution in [2.75, 3.05) is 11.9 Å². The van der Waals surface area contributed by atoms with Gasteiger partial charge in [-0.25, -0.2) is 4.98 Å². The number of anilines is 1. The number of allylic oxidation sites excluding steroid dienone is 3. The third-order valence-corrected chi connectivity index (χ3v) is 3.42. The van der Waals surface area contributed by atoms with Crippen LogP contribution in [0, 0.1) is 0 Å². The van der Waals surface area contributed by atoms with Gasteiger partial charge in [0.1, 0.15) is 0 Å². The molecule has 1 aliphatic rings. The van der Waals surface area contributed by atoms with Crippen molar-refractivity contribution in [1.29, 1.82) is 0 Å². The average Bonchev–Trinajstić information content (AvgIpc) is 2.91. The Morgan fingerprint density at radius 1 is 1.11 bits per heavy atom. The quantitative estimate of drug-likeness (QED) is 0.841. The van der Waals surface area contributed by atoms with Crippen LogP contribution in [-0.4, -0.2) is 23.1 Å². The molecule has 0 saturated carbocycles. The first-order chi connectivity index (χ1) is 9.02. The highest BCUT2D eigenvalue weighted by molar-refractivity contribution is 6.24. The summed E-state index contributed by atoms with van der Waals surface area (Å²) >= 11 is 0. The molecule has 5 nitrogen and oxygen atoms in total. The standard InChI is InChI=1S/C14H16N2O3/c1-8-9(2)14(18)11(10(3)13(8)17)4-5-16-12-6-15-7-19-12/h6-7,16H,4-5H2,1-3H3. The molecular formula is C14H16N2O3. The van der Waals surface area contributed by atoms with Crippen LogP contribution in [0.3, 0.4) is 0 Å². The zero-order valence-electron chi connectivity index (χ0n) is 11.2. The fraction of sp³-hybridized carbons (Fsp3) is 0.357. The van der Waals surface area contributed by atoms with Gasteiger partial charge < -0.3 is 9.73 Å². The van der Waals surface area contributed by atoms with E-state index in [1.807, 2.05) is 0 Å². The van der Waals surface area contributed by atoms with Crippen molar-refractivity contribution in [2.24, 2.45) is 0 Å². The number of carbonyl (C=O) groups excluding carboxylic acids is 2. The van der Waals surface area contributed by atoms with Gasteiger partial charge in [0.25, 0.3) is 0 Å². The average molecular weight is 260 g/mol. The minimum Gasteiger partial charge on any atom is -0.428 e. The lowest BCUT2D eigenvalue weighted by Gasteiger charge is -2.18. The van der Waals surface area contributed by atoms with Gasteiger partial charge in [-0.15, -0.1) is 0 Å². The molecular weight excluding hydrogens is 244 g/mol. The van der Waals surface area contributed by atoms with E-state index >= 15 is 0 Å². The molecule has 0 fully saturated rings. The highest BCUT2D eigenvalue weighted by Crippen LogP contribution is 2.26. The zero-order valence-corrected chi connectivity index (χ0v) is 11.2. The van der Waals surface area contributed by atoms with E-state index in [9.17, 15) is 9.59 Å². The number of hydrogen-bond acceptors (Lipinski definition) is 5. The van der Waals surface area contributed by atoms with E-state index in [0.29, 0.717) is 41.1 Å². The summed E-state index contributed by atoms with van der Waals surface area (Å²) in [5, 5.41) is 3.01. The van der Waals surface area contributed by atoms with Crippen molar-refractivity contribution in [3.63, 3.8) is 0 Å². The van der Waals surface area contributed by atoms with Crippen LogP contribution in [0.4, 0.5) is 5.88 Å². The Balaban J connectivity index is 2.07. The van der Waals surface area contributed by atoms with E-state index in [2.05, 4.69) is 10.3 Å². The number of aromatic nitrogens is 1. The largest absolute Gasteiger partial charge is 0.428 e. The third kappa shape index (κ3) is 2.50. The molecule has 0 radical (unpaired) electrons. The Hall–Kier alpha value is -2.17. The van der Waals surface area contributed by atoms with Gasteiger partial charge in [0.05, 0.1) is 6.20 Å². The number of carbonyl (C=O) groups is 2. The van der Waals surface area contributed by atoms with Crippen molar-refractivity contribution in [3.8, 4) is 0 Å². The smallest absolute Gasteiger partial charge is 0.213 e. The predicted molar refractivity (Wildman–Crippen MR) is 70.7 cm³/mol. The van der Waals surface area contributed by atoms with Gasteiger partial charge >= 0.3 is 0 Å². The van der Waals surface area contributed by atoms with Crippen LogP contribution in [0.1, 0.15) is 27.2 Å². The molecule has 5 heteroatoms. The van der Waals surface area contributed by atoms with E-state index in [0.717, 1.165) is 0 Å². The second-order valence-electron chi connectivity index (χ2n) is 4.55. The van der Waals surface area contributed by atoms with E-state index in [1.165, 1.54) is 6.39 Å². The first-order valence-electron chi connectivity index (χ1n) is 6.11. The number of oxazole rings is 1. The number of rotatable bonds is 4. The summed E-state index contributed by atoms with van der Waals surface area (Å²) in [5.74, 6) is 0.483. The molecule has 1 aromatic rings. The maximum atomic E-state index is 12.2. The van der Waals surface area contributed by atoms with E-state index in [1.54, 1.807) is 27.0 Å². The number of hydrogen-bond donors (Lipinski definition) is 1. The molecule has 2 rings (SSSR count). The molecule has 0 saturated heterocycles. The lowest BCUT2D eigenvalue weighted by Crippen LogP contribution is -2.22. The van der Waals surface area contributed by atoms with Gasteiger partial charge in [-0.1, -0.05) is 0 Å². The summed E-state index contributed by atoms with van der Waals surface area (Å²) in [7, 11) is 0. The summed E-state index contributed by atoms with van der Waals surface area (Å²) in [6, 6.07) is 0. The van der Waals surface area contributed by atoms with Crippen LogP contribution < -0.4 is 5.32 Å². The molecule has 0 aromatic carbocycles. The Bertz CT molecular complexity index is 580. The SMILES string of the molecule is CC1=C(C)C(=O)C(CCNc2cnco2)=C(C)C1=O. The summed E-state index contributed by atoms with van der Waals surface area (Å²) in [5.41, 5.74) is 2.23. The van der Waals surface area contributed by atoms with Crippen molar-refractivity contribution < 1.29 is 14.0 Å². The molecule has 0 atom stereocenters. The molecule has 0 spiro atoms. The highest BCUT2D eigenvalue weighted by Gasteiger charge is 2.27. The molecule has 0 aliphatic heterocycles. The van der Waals surface area contributed by atoms with Crippen LogP contribution in [0.15, 0.2) is 39.3 Å². The van der Waals surface area contributed by atoms with Crippen LogP contribution in [0.25, 0.3) is 0 Å². The van der Waals surface area contributed by atoms with Crippen molar-refractivity contribution >= 4 is 17.5 Å². The van der Waals surface area contributed by atoms with Crippen molar-refractivity contribution in [3.05, 3.63) is 34.9 Å². The maximum Gasteiger partial charge on any atom is 0.213 e. The Kier molecular flexibility index (Phi) is 3.64. The van der Waals surface area contributed by atoms with E-state index < -0.39 is 0 Å². The molecule has 1 aromatic heterocycles. The van der Waals surface area contributed by atoms with Crippen molar-refractivity contribution in [1.82, 2.24) is 4.98 Å². The van der Waals surface area contributed by atoms with Gasteiger partial charge in [0, 0.05) is 28.8 Å². The second kappa shape index (κ2) is 5.22. The van der Waals surface area contributed by atoms with Gasteiger partial charge in [0.2, 0.25) is 5.88 Å². The monoisotopic (exact) mass is 260 g/mol. The van der Waals surface area contributed by atoms with Gasteiger partial charge in [-0.2, -0.15) is 0 Å². The Morgan fingerprint density at radius 3 is 2.42 bits per heavy atom. The first-order valence-corrected chi connectivity index (χ1v) is 6.11. The van der Waals surface area contributed by atoms with Crippen LogP contribution in [0.2, 0.25) is 0 Å². The summed E-state index contributed by atoms with van der Waals surface area (Å²) in [6.07, 6.45) is 3.38. The number of nitrogens with zero attached hydrogens (tertiary/aromatic N) is 1. The Labute approximate surface area is 111 Å². The topological polar surface area (TPSA) is 72.2 Å². The predicted octanol–water partition coefficient (Wildman–Crippen LogP) is 2.28. The Morgan fingerprint density at radius 2 is 1.79 bits per heavy atom. The summed E-state index contributed by atoms with van der Waals surface area (Å²) in [4.78, 5) is 27.9. The van der Waals surface area contributed by atoms with Gasteiger partial charge in [0.15, 0.2) is 18.0 Å². The van der Waals surface area contributed by atoms with Gasteiger partial charge in [-0.3, -0.25) is 9.59 Å². The first kappa shape index (κ1) is 13.3. The molecule has 1 heterocycles. The molecule has 0 amide bonds. The van der Waals surface area contributed by atoms with Crippen LogP contribution >= 0.6 is 0 Å². The minimum atomic E-state index is -0.0354. The zero-order chi connectivity index (χ0) is 14.0. The fourth-order valence-corrected chi connectivity index (χ4v) is 2.07. The highest BCUT2D eigenvalue weighted by atomic mass is 16.4. The number of ketones is 2. The van der Waals surface area contributed by atoms with Gasteiger partial charge in [-0.05, 0) is 27.2 Å². The fourth-order valence-electron chi connectivity index (χ4n) is 2.07. The summed E-state index contributed by atoms with van der Waals surface area (Å²) < 4.78 is 5.04. The lowest BCUT2D eigenvalue weighted by atomic mass is 9.84. The number of Topliss-reactive ketones (excluding diaryl/α,β-unsaturated/α-hetero) is 2. The number of nitrogens with one attached hydrogen (secondary N) is 1.